The summed E-state index contributed by atoms with van der Waals surface area (Å²) in [5, 5.41) is 3.17. The third-order valence-electron chi connectivity index (χ3n) is 5.83. The molecule has 1 fully saturated rings. The monoisotopic (exact) mass is 380 g/mol. The van der Waals surface area contributed by atoms with Crippen molar-refractivity contribution in [1.29, 1.82) is 0 Å². The number of amides is 1. The van der Waals surface area contributed by atoms with Gasteiger partial charge in [0.2, 0.25) is 5.91 Å². The summed E-state index contributed by atoms with van der Waals surface area (Å²) < 4.78 is 0. The molecule has 0 radical (unpaired) electrons. The molecule has 4 rings (SSSR count). The van der Waals surface area contributed by atoms with E-state index in [0.29, 0.717) is 6.04 Å². The van der Waals surface area contributed by atoms with Crippen molar-refractivity contribution < 1.29 is 4.79 Å². The largest absolute Gasteiger partial charge is 0.325 e. The number of fused-ring (bicyclic) bond motifs is 1. The molecule has 142 valence electrons. The van der Waals surface area contributed by atoms with E-state index in [1.807, 2.05) is 18.2 Å². The van der Waals surface area contributed by atoms with E-state index in [1.165, 1.54) is 48.1 Å². The van der Waals surface area contributed by atoms with E-state index in [2.05, 4.69) is 47.6 Å². The number of hydrogen-bond donors (Lipinski definition) is 1. The molecule has 0 unspecified atom stereocenters. The highest BCUT2D eigenvalue weighted by Crippen LogP contribution is 2.37. The van der Waals surface area contributed by atoms with Crippen LogP contribution in [-0.4, -0.2) is 29.1 Å². The second-order valence-electron chi connectivity index (χ2n) is 7.77. The topological polar surface area (TPSA) is 32.3 Å². The first-order chi connectivity index (χ1) is 13.2. The third-order valence-corrected chi connectivity index (χ3v) is 7.15. The van der Waals surface area contributed by atoms with Gasteiger partial charge in [-0.1, -0.05) is 55.7 Å². The van der Waals surface area contributed by atoms with Crippen molar-refractivity contribution >= 4 is 23.4 Å². The van der Waals surface area contributed by atoms with Crippen LogP contribution >= 0.6 is 11.8 Å². The average molecular weight is 381 g/mol. The molecule has 4 heteroatoms. The number of carbonyl (C=O) groups is 1. The van der Waals surface area contributed by atoms with Crippen molar-refractivity contribution in [2.75, 3.05) is 12.4 Å². The Morgan fingerprint density at radius 2 is 1.81 bits per heavy atom. The second-order valence-corrected chi connectivity index (χ2v) is 9.02. The lowest BCUT2D eigenvalue weighted by atomic mass is 9.94. The van der Waals surface area contributed by atoms with Gasteiger partial charge < -0.3 is 5.32 Å². The highest BCUT2D eigenvalue weighted by molar-refractivity contribution is 8.01. The molecule has 1 N–H and O–H groups in total. The smallest absolute Gasteiger partial charge is 0.238 e. The van der Waals surface area contributed by atoms with Gasteiger partial charge in [-0.25, -0.2) is 0 Å². The minimum absolute atomic E-state index is 0.0356. The van der Waals surface area contributed by atoms with Crippen LogP contribution in [0.2, 0.25) is 0 Å². The number of nitrogens with zero attached hydrogens (tertiary/aromatic N) is 1. The number of anilines is 1. The van der Waals surface area contributed by atoms with Crippen molar-refractivity contribution in [2.45, 2.75) is 61.3 Å². The summed E-state index contributed by atoms with van der Waals surface area (Å²) in [6, 6.07) is 17.3. The molecule has 0 spiro atoms. The van der Waals surface area contributed by atoms with Crippen molar-refractivity contribution in [3.8, 4) is 0 Å². The van der Waals surface area contributed by atoms with Crippen LogP contribution in [0.4, 0.5) is 5.69 Å². The molecule has 1 atom stereocenters. The summed E-state index contributed by atoms with van der Waals surface area (Å²) in [5.74, 6) is 0.115. The molecule has 2 aromatic rings. The summed E-state index contributed by atoms with van der Waals surface area (Å²) in [4.78, 5) is 16.6. The van der Waals surface area contributed by atoms with Crippen LogP contribution in [-0.2, 0) is 17.8 Å². The van der Waals surface area contributed by atoms with Crippen LogP contribution in [0.25, 0.3) is 0 Å². The van der Waals surface area contributed by atoms with Crippen LogP contribution in [0.15, 0.2) is 53.4 Å². The molecule has 0 aromatic heterocycles. The standard InChI is InChI=1S/C23H28N2OS/c1-25(19-11-3-2-4-12-19)16-18-10-5-7-13-20(18)24-23(26)22-15-17-9-6-8-14-21(17)27-22/h5-10,13-14,19,22H,2-4,11-12,15-16H2,1H3,(H,24,26)/t22-/m0/s1. The van der Waals surface area contributed by atoms with Crippen molar-refractivity contribution in [3.63, 3.8) is 0 Å². The van der Waals surface area contributed by atoms with Crippen molar-refractivity contribution in [3.05, 3.63) is 59.7 Å². The van der Waals surface area contributed by atoms with Gasteiger partial charge in [0.05, 0.1) is 5.25 Å². The summed E-state index contributed by atoms with van der Waals surface area (Å²) in [5.41, 5.74) is 3.45. The van der Waals surface area contributed by atoms with Gasteiger partial charge in [0.25, 0.3) is 0 Å². The zero-order valence-corrected chi connectivity index (χ0v) is 16.8. The minimum atomic E-state index is -0.0356. The first-order valence-electron chi connectivity index (χ1n) is 10.0. The maximum Gasteiger partial charge on any atom is 0.238 e. The van der Waals surface area contributed by atoms with Gasteiger partial charge in [0.15, 0.2) is 0 Å². The van der Waals surface area contributed by atoms with Gasteiger partial charge in [-0.2, -0.15) is 0 Å². The molecule has 1 heterocycles. The predicted octanol–water partition coefficient (Wildman–Crippen LogP) is 5.11. The van der Waals surface area contributed by atoms with Crippen LogP contribution in [0.1, 0.15) is 43.2 Å². The highest BCUT2D eigenvalue weighted by atomic mass is 32.2. The van der Waals surface area contributed by atoms with Gasteiger partial charge in [-0.15, -0.1) is 11.8 Å². The highest BCUT2D eigenvalue weighted by Gasteiger charge is 2.28. The van der Waals surface area contributed by atoms with Crippen LogP contribution in [0, 0.1) is 0 Å². The Balaban J connectivity index is 1.41. The third kappa shape index (κ3) is 4.39. The van der Waals surface area contributed by atoms with Crippen molar-refractivity contribution in [1.82, 2.24) is 4.90 Å². The molecule has 27 heavy (non-hydrogen) atoms. The fourth-order valence-corrected chi connectivity index (χ4v) is 5.44. The van der Waals surface area contributed by atoms with E-state index < -0.39 is 0 Å². The molecule has 1 aliphatic heterocycles. The van der Waals surface area contributed by atoms with E-state index in [-0.39, 0.29) is 11.2 Å². The Morgan fingerprint density at radius 1 is 1.07 bits per heavy atom. The number of hydrogen-bond acceptors (Lipinski definition) is 3. The molecule has 1 aliphatic carbocycles. The van der Waals surface area contributed by atoms with Gasteiger partial charge >= 0.3 is 0 Å². The average Bonchev–Trinajstić information content (AvgIpc) is 3.14. The van der Waals surface area contributed by atoms with Crippen LogP contribution in [0.5, 0.6) is 0 Å². The summed E-state index contributed by atoms with van der Waals surface area (Å²) in [7, 11) is 2.22. The summed E-state index contributed by atoms with van der Waals surface area (Å²) >= 11 is 1.68. The van der Waals surface area contributed by atoms with Gasteiger partial charge in [0, 0.05) is 23.2 Å². The Morgan fingerprint density at radius 3 is 2.63 bits per heavy atom. The number of rotatable bonds is 5. The Bertz CT molecular complexity index is 775. The SMILES string of the molecule is CN(Cc1ccccc1NC(=O)[C@@H]1Cc2ccccc2S1)C1CCCCC1. The lowest BCUT2D eigenvalue weighted by Crippen LogP contribution is -2.33. The zero-order chi connectivity index (χ0) is 18.6. The zero-order valence-electron chi connectivity index (χ0n) is 16.0. The first kappa shape index (κ1) is 18.6. The second kappa shape index (κ2) is 8.49. The van der Waals surface area contributed by atoms with Crippen LogP contribution < -0.4 is 5.32 Å². The maximum atomic E-state index is 12.9. The molecule has 1 amide bonds. The Labute approximate surface area is 166 Å². The number of carbonyl (C=O) groups excluding carboxylic acids is 1. The number of para-hydroxylation sites is 1. The normalized spacial score (nSPS) is 19.9. The van der Waals surface area contributed by atoms with Gasteiger partial charge in [-0.3, -0.25) is 9.69 Å². The predicted molar refractivity (Wildman–Crippen MR) is 113 cm³/mol. The fraction of sp³-hybridized carbons (Fsp3) is 0.435. The lowest BCUT2D eigenvalue weighted by molar-refractivity contribution is -0.115. The summed E-state index contributed by atoms with van der Waals surface area (Å²) in [6.07, 6.45) is 7.46. The van der Waals surface area contributed by atoms with E-state index in [4.69, 9.17) is 0 Å². The number of nitrogens with one attached hydrogen (secondary N) is 1. The van der Waals surface area contributed by atoms with Gasteiger partial charge in [0.1, 0.15) is 0 Å². The molecule has 2 aromatic carbocycles. The maximum absolute atomic E-state index is 12.9. The molecular formula is C23H28N2OS. The van der Waals surface area contributed by atoms with E-state index >= 15 is 0 Å². The first-order valence-corrected chi connectivity index (χ1v) is 10.9. The molecule has 2 aliphatic rings. The molecule has 3 nitrogen and oxygen atoms in total. The Kier molecular flexibility index (Phi) is 5.84. The molecule has 0 saturated heterocycles. The van der Waals surface area contributed by atoms with E-state index in [9.17, 15) is 4.79 Å². The quantitative estimate of drug-likeness (QED) is 0.783. The fourth-order valence-electron chi connectivity index (χ4n) is 4.24. The molecule has 1 saturated carbocycles. The molecule has 0 bridgehead atoms. The number of benzene rings is 2. The summed E-state index contributed by atoms with van der Waals surface area (Å²) in [6.45, 7) is 0.888. The molecular weight excluding hydrogens is 352 g/mol. The lowest BCUT2D eigenvalue weighted by Gasteiger charge is -2.31. The van der Waals surface area contributed by atoms with Gasteiger partial charge in [-0.05, 0) is 49.6 Å². The number of thioether (sulfide) groups is 1. The van der Waals surface area contributed by atoms with Crippen LogP contribution in [0.3, 0.4) is 0 Å². The van der Waals surface area contributed by atoms with Crippen molar-refractivity contribution in [2.24, 2.45) is 0 Å². The van der Waals surface area contributed by atoms with E-state index in [0.717, 1.165) is 18.7 Å². The van der Waals surface area contributed by atoms with E-state index in [1.54, 1.807) is 11.8 Å². The minimum Gasteiger partial charge on any atom is -0.325 e. The Hall–Kier alpha value is -1.78.